The summed E-state index contributed by atoms with van der Waals surface area (Å²) < 4.78 is 19.3. The maximum Gasteiger partial charge on any atom is 0.504 e. The van der Waals surface area contributed by atoms with Gasteiger partial charge in [0.2, 0.25) is 11.2 Å². The first-order chi connectivity index (χ1) is 15.3. The summed E-state index contributed by atoms with van der Waals surface area (Å²) in [7, 11) is 0. The summed E-state index contributed by atoms with van der Waals surface area (Å²) >= 11 is 0. The summed E-state index contributed by atoms with van der Waals surface area (Å²) in [5, 5.41) is 9.62. The summed E-state index contributed by atoms with van der Waals surface area (Å²) in [6.45, 7) is 2.05. The molecule has 0 radical (unpaired) electrons. The van der Waals surface area contributed by atoms with E-state index in [1.807, 2.05) is 6.07 Å². The molecule has 6 nitrogen and oxygen atoms in total. The number of rotatable bonds is 0. The van der Waals surface area contributed by atoms with Crippen molar-refractivity contribution in [3.05, 3.63) is 78.3 Å². The lowest BCUT2D eigenvalue weighted by molar-refractivity contribution is -0.969. The highest BCUT2D eigenvalue weighted by molar-refractivity contribution is 6.23. The molecule has 9 rings (SSSR count). The Morgan fingerprint density at radius 1 is 1.00 bits per heavy atom. The van der Waals surface area contributed by atoms with Crippen molar-refractivity contribution in [2.75, 3.05) is 0 Å². The minimum Gasteiger partial charge on any atom is -0.463 e. The normalized spacial score (nSPS) is 18.9. The Hall–Kier alpha value is -4.19. The summed E-state index contributed by atoms with van der Waals surface area (Å²) in [6, 6.07) is 19.0. The SMILES string of the molecule is Cc1cc2n(n1)C13c4c(ccc5c6ccoc6c6ccc[n+]1c6c45)Oc1cccc-2[n+]13. The smallest absolute Gasteiger partial charge is 0.463 e. The number of aromatic nitrogens is 4. The fourth-order valence-corrected chi connectivity index (χ4v) is 6.17. The Balaban J connectivity index is 1.66. The molecule has 6 heteroatoms. The third kappa shape index (κ3) is 1.28. The van der Waals surface area contributed by atoms with Crippen molar-refractivity contribution in [3.63, 3.8) is 0 Å². The lowest BCUT2D eigenvalue weighted by Gasteiger charge is -2.23. The number of benzene rings is 2. The van der Waals surface area contributed by atoms with Gasteiger partial charge in [0.05, 0.1) is 28.8 Å². The first-order valence-corrected chi connectivity index (χ1v) is 10.4. The van der Waals surface area contributed by atoms with E-state index in [4.69, 9.17) is 14.3 Å². The molecule has 0 fully saturated rings. The van der Waals surface area contributed by atoms with Gasteiger partial charge in [0.15, 0.2) is 17.5 Å². The van der Waals surface area contributed by atoms with E-state index in [0.717, 1.165) is 56.1 Å². The third-order valence-corrected chi connectivity index (χ3v) is 7.14. The highest BCUT2D eigenvalue weighted by Gasteiger charge is 2.72. The molecule has 0 N–H and O–H groups in total. The number of hydrogen-bond acceptors (Lipinski definition) is 3. The number of aryl methyl sites for hydroxylation is 1. The van der Waals surface area contributed by atoms with Crippen LogP contribution in [0.1, 0.15) is 11.3 Å². The molecule has 1 atom stereocenters. The monoisotopic (exact) mass is 402 g/mol. The van der Waals surface area contributed by atoms with E-state index in [9.17, 15) is 0 Å². The lowest BCUT2D eigenvalue weighted by atomic mass is 9.96. The highest BCUT2D eigenvalue weighted by atomic mass is 16.5. The van der Waals surface area contributed by atoms with Crippen LogP contribution in [-0.4, -0.2) is 9.78 Å². The van der Waals surface area contributed by atoms with Crippen LogP contribution in [0.15, 0.2) is 71.5 Å². The average molecular weight is 402 g/mol. The Bertz CT molecular complexity index is 1840. The maximum absolute atomic E-state index is 6.49. The van der Waals surface area contributed by atoms with E-state index in [2.05, 4.69) is 75.5 Å². The zero-order valence-corrected chi connectivity index (χ0v) is 16.5. The van der Waals surface area contributed by atoms with Crippen LogP contribution in [0.25, 0.3) is 44.0 Å². The summed E-state index contributed by atoms with van der Waals surface area (Å²) in [4.78, 5) is 0. The van der Waals surface area contributed by atoms with E-state index in [-0.39, 0.29) is 0 Å². The molecule has 3 aliphatic heterocycles. The van der Waals surface area contributed by atoms with Crippen molar-refractivity contribution >= 4 is 32.6 Å². The van der Waals surface area contributed by atoms with Crippen LogP contribution in [-0.2, 0) is 5.79 Å². The van der Waals surface area contributed by atoms with Crippen LogP contribution in [0.4, 0.5) is 0 Å². The molecule has 3 aliphatic rings. The van der Waals surface area contributed by atoms with Crippen LogP contribution in [0.2, 0.25) is 0 Å². The van der Waals surface area contributed by atoms with E-state index in [1.54, 1.807) is 6.26 Å². The molecule has 6 aromatic rings. The lowest BCUT2D eigenvalue weighted by Crippen LogP contribution is -2.75. The van der Waals surface area contributed by atoms with Crippen molar-refractivity contribution < 1.29 is 18.3 Å². The molecule has 0 aliphatic carbocycles. The Morgan fingerprint density at radius 3 is 2.94 bits per heavy atom. The maximum atomic E-state index is 6.49. The van der Waals surface area contributed by atoms with Crippen molar-refractivity contribution in [1.82, 2.24) is 9.78 Å². The summed E-state index contributed by atoms with van der Waals surface area (Å²) in [6.07, 6.45) is 3.94. The molecule has 0 saturated heterocycles. The van der Waals surface area contributed by atoms with Gasteiger partial charge in [0, 0.05) is 22.9 Å². The Kier molecular flexibility index (Phi) is 2.04. The van der Waals surface area contributed by atoms with Gasteiger partial charge in [-0.2, -0.15) is 5.10 Å². The quantitative estimate of drug-likeness (QED) is 0.285. The first-order valence-electron chi connectivity index (χ1n) is 10.4. The van der Waals surface area contributed by atoms with Gasteiger partial charge in [-0.1, -0.05) is 4.57 Å². The molecular weight excluding hydrogens is 388 g/mol. The van der Waals surface area contributed by atoms with Crippen LogP contribution in [0, 0.1) is 6.92 Å². The van der Waals surface area contributed by atoms with E-state index < -0.39 is 5.79 Å². The van der Waals surface area contributed by atoms with Crippen molar-refractivity contribution in [3.8, 4) is 23.0 Å². The number of ether oxygens (including phenoxy) is 1. The second-order valence-electron chi connectivity index (χ2n) is 8.57. The van der Waals surface area contributed by atoms with Gasteiger partial charge in [0.25, 0.3) is 0 Å². The molecule has 144 valence electrons. The predicted octanol–water partition coefficient (Wildman–Crippen LogP) is 3.97. The highest BCUT2D eigenvalue weighted by Crippen LogP contribution is 2.52. The standard InChI is InChI=1S/C25H14N4O2/c1-13-12-18-17-5-2-6-20-28(17)25(29(18)26-13)22-19(31-20)8-7-14-15-9-11-30-24(15)16-4-3-10-27(25)23(16)21(14)22/h2-12H,1H3/q+2. The van der Waals surface area contributed by atoms with E-state index in [1.165, 1.54) is 10.8 Å². The molecule has 4 aromatic heterocycles. The predicted molar refractivity (Wildman–Crippen MR) is 112 cm³/mol. The van der Waals surface area contributed by atoms with Crippen LogP contribution >= 0.6 is 0 Å². The number of fused-ring (bicyclic) bond motifs is 5. The van der Waals surface area contributed by atoms with Crippen molar-refractivity contribution in [2.45, 2.75) is 12.7 Å². The fraction of sp³-hybridized carbons (Fsp3) is 0.0800. The molecule has 0 amide bonds. The van der Waals surface area contributed by atoms with Gasteiger partial charge in [-0.3, -0.25) is 0 Å². The largest absolute Gasteiger partial charge is 0.504 e. The number of furan rings is 1. The van der Waals surface area contributed by atoms with Gasteiger partial charge in [-0.25, -0.2) is 0 Å². The fourth-order valence-electron chi connectivity index (χ4n) is 6.17. The zero-order chi connectivity index (χ0) is 20.1. The molecule has 7 heterocycles. The van der Waals surface area contributed by atoms with Gasteiger partial charge in [-0.05, 0) is 43.3 Å². The van der Waals surface area contributed by atoms with Crippen molar-refractivity contribution in [2.24, 2.45) is 0 Å². The molecule has 31 heavy (non-hydrogen) atoms. The van der Waals surface area contributed by atoms with Crippen molar-refractivity contribution in [1.29, 1.82) is 0 Å². The summed E-state index contributed by atoms with van der Waals surface area (Å²) in [5.74, 6) is 1.01. The first kappa shape index (κ1) is 14.7. The molecular formula is C25H14N4O2+2. The average Bonchev–Trinajstić information content (AvgIpc) is 3.53. The molecule has 0 bridgehead atoms. The molecule has 0 saturated carbocycles. The zero-order valence-electron chi connectivity index (χ0n) is 16.5. The minimum absolute atomic E-state index is 0.677. The number of pyridine rings is 2. The van der Waals surface area contributed by atoms with Gasteiger partial charge in [-0.15, -0.1) is 9.25 Å². The molecule has 1 spiro atoms. The minimum atomic E-state index is -0.677. The molecule has 1 unspecified atom stereocenters. The second-order valence-corrected chi connectivity index (χ2v) is 8.57. The Morgan fingerprint density at radius 2 is 1.97 bits per heavy atom. The van der Waals surface area contributed by atoms with Gasteiger partial charge < -0.3 is 9.15 Å². The molecule has 2 aromatic carbocycles. The third-order valence-electron chi connectivity index (χ3n) is 7.14. The van der Waals surface area contributed by atoms with Crippen LogP contribution in [0.3, 0.4) is 0 Å². The van der Waals surface area contributed by atoms with Crippen LogP contribution in [0.5, 0.6) is 11.6 Å². The second kappa shape index (κ2) is 4.30. The topological polar surface area (TPSA) is 48.0 Å². The van der Waals surface area contributed by atoms with E-state index in [0.29, 0.717) is 0 Å². The van der Waals surface area contributed by atoms with Crippen LogP contribution < -0.4 is 13.9 Å². The van der Waals surface area contributed by atoms with Gasteiger partial charge >= 0.3 is 11.7 Å². The number of hydrogen-bond donors (Lipinski definition) is 0. The number of nitrogens with zero attached hydrogens (tertiary/aromatic N) is 4. The Labute approximate surface area is 175 Å². The summed E-state index contributed by atoms with van der Waals surface area (Å²) in [5.41, 5.74) is 6.39. The van der Waals surface area contributed by atoms with Gasteiger partial charge in [0.1, 0.15) is 11.3 Å². The van der Waals surface area contributed by atoms with E-state index >= 15 is 0 Å².